The maximum Gasteiger partial charge on any atom is 0.287 e. The van der Waals surface area contributed by atoms with Crippen molar-refractivity contribution in [2.45, 2.75) is 26.2 Å². The first kappa shape index (κ1) is 10.1. The first-order valence-corrected chi connectivity index (χ1v) is 3.82. The number of hydrogen-bond acceptors (Lipinski definition) is 2. The monoisotopic (exact) mass is 156 g/mol. The molecule has 0 aliphatic heterocycles. The summed E-state index contributed by atoms with van der Waals surface area (Å²) in [6.45, 7) is 5.66. The molecule has 3 nitrogen and oxygen atoms in total. The Labute approximate surface area is 67.2 Å². The molecule has 0 bridgehead atoms. The molecule has 0 atom stereocenters. The van der Waals surface area contributed by atoms with Crippen LogP contribution < -0.4 is 5.32 Å². The summed E-state index contributed by atoms with van der Waals surface area (Å²) in [6.07, 6.45) is 2.06. The second kappa shape index (κ2) is 5.89. The number of rotatable bonds is 5. The summed E-state index contributed by atoms with van der Waals surface area (Å²) >= 11 is 0. The van der Waals surface area contributed by atoms with E-state index in [1.54, 1.807) is 0 Å². The number of ketones is 1. The lowest BCUT2D eigenvalue weighted by atomic mass is 10.2. The van der Waals surface area contributed by atoms with Crippen LogP contribution in [0.5, 0.6) is 0 Å². The topological polar surface area (TPSA) is 46.2 Å². The van der Waals surface area contributed by atoms with Gasteiger partial charge in [-0.15, -0.1) is 0 Å². The lowest BCUT2D eigenvalue weighted by molar-refractivity contribution is -0.137. The van der Waals surface area contributed by atoms with E-state index in [2.05, 4.69) is 12.2 Å². The summed E-state index contributed by atoms with van der Waals surface area (Å²) in [6, 6.07) is 0. The summed E-state index contributed by atoms with van der Waals surface area (Å²) in [7, 11) is 0. The average molecular weight is 156 g/mol. The second-order valence-electron chi connectivity index (χ2n) is 2.28. The number of Topliss-reactive ketones (excluding diaryl/α,β-unsaturated/α-hetero) is 1. The number of carbonyl (C=O) groups excluding carboxylic acids is 2. The summed E-state index contributed by atoms with van der Waals surface area (Å²) in [5, 5.41) is 2.35. The molecule has 0 spiro atoms. The summed E-state index contributed by atoms with van der Waals surface area (Å²) in [5.74, 6) is -0.844. The highest BCUT2D eigenvalue weighted by Gasteiger charge is 2.10. The molecule has 0 aliphatic rings. The van der Waals surface area contributed by atoms with Crippen LogP contribution in [-0.2, 0) is 9.59 Å². The van der Waals surface area contributed by atoms with E-state index >= 15 is 0 Å². The van der Waals surface area contributed by atoms with Crippen molar-refractivity contribution >= 4 is 11.7 Å². The van der Waals surface area contributed by atoms with Gasteiger partial charge in [0.05, 0.1) is 0 Å². The Morgan fingerprint density at radius 2 is 2.09 bits per heavy atom. The Morgan fingerprint density at radius 3 is 2.55 bits per heavy atom. The molecule has 0 saturated heterocycles. The van der Waals surface area contributed by atoms with E-state index in [0.29, 0.717) is 6.42 Å². The van der Waals surface area contributed by atoms with Crippen molar-refractivity contribution in [2.24, 2.45) is 0 Å². The molecule has 0 aliphatic carbocycles. The molecular formula is C8H14NO2. The van der Waals surface area contributed by atoms with Crippen LogP contribution in [0.4, 0.5) is 0 Å². The van der Waals surface area contributed by atoms with Crippen LogP contribution in [0, 0.1) is 6.92 Å². The molecule has 0 aromatic carbocycles. The van der Waals surface area contributed by atoms with Crippen LogP contribution in [0.15, 0.2) is 0 Å². The van der Waals surface area contributed by atoms with E-state index in [-0.39, 0.29) is 12.3 Å². The van der Waals surface area contributed by atoms with Gasteiger partial charge in [0.1, 0.15) is 0 Å². The third-order valence-corrected chi connectivity index (χ3v) is 1.30. The third-order valence-electron chi connectivity index (χ3n) is 1.30. The Morgan fingerprint density at radius 1 is 1.45 bits per heavy atom. The van der Waals surface area contributed by atoms with Gasteiger partial charge in [0.25, 0.3) is 5.91 Å². The Kier molecular flexibility index (Phi) is 5.43. The third kappa shape index (κ3) is 4.53. The normalized spacial score (nSPS) is 9.27. The quantitative estimate of drug-likeness (QED) is 0.595. The minimum absolute atomic E-state index is 0.275. The molecule has 0 unspecified atom stereocenters. The highest BCUT2D eigenvalue weighted by Crippen LogP contribution is 1.94. The molecule has 0 saturated carbocycles. The zero-order chi connectivity index (χ0) is 8.69. The van der Waals surface area contributed by atoms with Crippen LogP contribution in [0.2, 0.25) is 0 Å². The van der Waals surface area contributed by atoms with Gasteiger partial charge >= 0.3 is 0 Å². The molecule has 0 fully saturated rings. The minimum Gasteiger partial charge on any atom is -0.350 e. The highest BCUT2D eigenvalue weighted by molar-refractivity contribution is 6.36. The SMILES string of the molecule is [CH2]CNC(=O)C(=O)CCCC. The first-order valence-electron chi connectivity index (χ1n) is 3.82. The highest BCUT2D eigenvalue weighted by atomic mass is 16.2. The summed E-state index contributed by atoms with van der Waals surface area (Å²) in [4.78, 5) is 21.6. The minimum atomic E-state index is -0.506. The fourth-order valence-corrected chi connectivity index (χ4v) is 0.663. The molecule has 0 aromatic heterocycles. The van der Waals surface area contributed by atoms with Crippen molar-refractivity contribution in [3.05, 3.63) is 6.92 Å². The van der Waals surface area contributed by atoms with Gasteiger partial charge in [-0.05, 0) is 13.3 Å². The van der Waals surface area contributed by atoms with Crippen molar-refractivity contribution in [2.75, 3.05) is 6.54 Å². The summed E-state index contributed by atoms with van der Waals surface area (Å²) < 4.78 is 0. The number of hydrogen-bond donors (Lipinski definition) is 1. The largest absolute Gasteiger partial charge is 0.350 e. The van der Waals surface area contributed by atoms with Crippen molar-refractivity contribution in [3.8, 4) is 0 Å². The van der Waals surface area contributed by atoms with Crippen LogP contribution >= 0.6 is 0 Å². The van der Waals surface area contributed by atoms with Crippen molar-refractivity contribution in [3.63, 3.8) is 0 Å². The molecule has 0 rings (SSSR count). The van der Waals surface area contributed by atoms with Crippen LogP contribution in [0.1, 0.15) is 26.2 Å². The molecule has 1 radical (unpaired) electrons. The summed E-state index contributed by atoms with van der Waals surface area (Å²) in [5.41, 5.74) is 0. The molecule has 63 valence electrons. The van der Waals surface area contributed by atoms with Gasteiger partial charge in [-0.25, -0.2) is 0 Å². The van der Waals surface area contributed by atoms with E-state index in [1.165, 1.54) is 0 Å². The van der Waals surface area contributed by atoms with E-state index < -0.39 is 5.91 Å². The first-order chi connectivity index (χ1) is 5.22. The number of carbonyl (C=O) groups is 2. The fraction of sp³-hybridized carbons (Fsp3) is 0.625. The number of nitrogens with one attached hydrogen (secondary N) is 1. The Bertz CT molecular complexity index is 143. The molecule has 3 heteroatoms. The van der Waals surface area contributed by atoms with Crippen LogP contribution in [0.25, 0.3) is 0 Å². The second-order valence-corrected chi connectivity index (χ2v) is 2.28. The molecule has 1 amide bonds. The maximum atomic E-state index is 10.9. The van der Waals surface area contributed by atoms with Gasteiger partial charge in [-0.1, -0.05) is 13.3 Å². The predicted molar refractivity (Wildman–Crippen MR) is 42.9 cm³/mol. The molecule has 0 heterocycles. The lowest BCUT2D eigenvalue weighted by Crippen LogP contribution is -2.30. The Balaban J connectivity index is 3.56. The standard InChI is InChI=1S/C8H14NO2/c1-3-5-6-7(10)8(11)9-4-2/h2-6H2,1H3,(H,9,11). The number of amides is 1. The zero-order valence-electron chi connectivity index (χ0n) is 6.85. The molecular weight excluding hydrogens is 142 g/mol. The van der Waals surface area contributed by atoms with Gasteiger partial charge in [0, 0.05) is 13.0 Å². The van der Waals surface area contributed by atoms with Crippen LogP contribution in [0.3, 0.4) is 0 Å². The van der Waals surface area contributed by atoms with E-state index in [0.717, 1.165) is 12.8 Å². The molecule has 0 aromatic rings. The maximum absolute atomic E-state index is 10.9. The van der Waals surface area contributed by atoms with E-state index in [1.807, 2.05) is 6.92 Å². The molecule has 1 N–H and O–H groups in total. The molecule has 11 heavy (non-hydrogen) atoms. The van der Waals surface area contributed by atoms with Gasteiger partial charge in [0.15, 0.2) is 0 Å². The Hall–Kier alpha value is -0.860. The van der Waals surface area contributed by atoms with Gasteiger partial charge in [-0.2, -0.15) is 0 Å². The van der Waals surface area contributed by atoms with Gasteiger partial charge in [0.2, 0.25) is 5.78 Å². The predicted octanol–water partition coefficient (Wildman–Crippen LogP) is 0.696. The smallest absolute Gasteiger partial charge is 0.287 e. The van der Waals surface area contributed by atoms with Gasteiger partial charge < -0.3 is 5.32 Å². The number of unbranched alkanes of at least 4 members (excludes halogenated alkanes) is 1. The zero-order valence-corrected chi connectivity index (χ0v) is 6.85. The lowest BCUT2D eigenvalue weighted by Gasteiger charge is -1.98. The van der Waals surface area contributed by atoms with E-state index in [4.69, 9.17) is 0 Å². The van der Waals surface area contributed by atoms with Crippen molar-refractivity contribution < 1.29 is 9.59 Å². The van der Waals surface area contributed by atoms with Crippen molar-refractivity contribution in [1.82, 2.24) is 5.32 Å². The average Bonchev–Trinajstić information content (AvgIpc) is 2.00. The van der Waals surface area contributed by atoms with E-state index in [9.17, 15) is 9.59 Å². The van der Waals surface area contributed by atoms with Crippen LogP contribution in [-0.4, -0.2) is 18.2 Å². The van der Waals surface area contributed by atoms with Gasteiger partial charge in [-0.3, -0.25) is 9.59 Å². The fourth-order valence-electron chi connectivity index (χ4n) is 0.663. The van der Waals surface area contributed by atoms with Crippen molar-refractivity contribution in [1.29, 1.82) is 0 Å².